The lowest BCUT2D eigenvalue weighted by Gasteiger charge is -2.83. The zero-order valence-corrected chi connectivity index (χ0v) is 42.6. The van der Waals surface area contributed by atoms with Crippen molar-refractivity contribution in [2.24, 2.45) is 0 Å². The quantitative estimate of drug-likeness (QED) is 0.258. The van der Waals surface area contributed by atoms with Gasteiger partial charge in [-0.15, -0.1) is 0 Å². The molecule has 2 aromatic carbocycles. The monoisotopic (exact) mass is 754 g/mol. The van der Waals surface area contributed by atoms with Crippen LogP contribution in [-0.4, -0.2) is 57.5 Å². The van der Waals surface area contributed by atoms with E-state index in [0.717, 1.165) is 0 Å². The van der Waals surface area contributed by atoms with E-state index in [1.165, 1.54) is 0 Å². The molecule has 0 saturated carbocycles. The molecule has 0 atom stereocenters. The van der Waals surface area contributed by atoms with Gasteiger partial charge in [0, 0.05) is 57.5 Å². The van der Waals surface area contributed by atoms with Crippen molar-refractivity contribution in [1.82, 2.24) is 0 Å². The van der Waals surface area contributed by atoms with E-state index in [0.29, 0.717) is 20.2 Å². The Morgan fingerprint density at radius 1 is 0.391 bits per heavy atom. The van der Waals surface area contributed by atoms with Gasteiger partial charge >= 0.3 is 0 Å². The minimum absolute atomic E-state index is 0.384. The van der Waals surface area contributed by atoms with Crippen LogP contribution in [0.1, 0.15) is 94.2 Å². The molecule has 1 aliphatic rings. The van der Waals surface area contributed by atoms with E-state index in [9.17, 15) is 0 Å². The van der Waals surface area contributed by atoms with Crippen molar-refractivity contribution >= 4 is 67.8 Å². The molecule has 2 aromatic rings. The van der Waals surface area contributed by atoms with E-state index in [1.807, 2.05) is 10.4 Å². The first-order chi connectivity index (χ1) is 20.3. The van der Waals surface area contributed by atoms with E-state index < -0.39 is 57.5 Å². The highest BCUT2D eigenvalue weighted by atomic mass is 30.6. The first kappa shape index (κ1) is 40.6. The first-order valence-corrected chi connectivity index (χ1v) is 45.2. The predicted molar refractivity (Wildman–Crippen MR) is 233 cm³/mol. The number of hydrogen-bond acceptors (Lipinski definition) is 0. The smallest absolute Gasteiger partial charge is 0.0484 e. The second-order valence-electron chi connectivity index (χ2n) is 21.4. The molecule has 0 aromatic heterocycles. The zero-order chi connectivity index (χ0) is 36.1. The van der Waals surface area contributed by atoms with Crippen LogP contribution in [0.4, 0.5) is 0 Å². The summed E-state index contributed by atoms with van der Waals surface area (Å²) in [5.74, 6) is 0. The largest absolute Gasteiger partial charge is 0.0713 e. The Morgan fingerprint density at radius 2 is 0.587 bits per heavy atom. The first-order valence-electron chi connectivity index (χ1n) is 18.2. The van der Waals surface area contributed by atoms with Gasteiger partial charge in [-0.3, -0.25) is 0 Å². The van der Waals surface area contributed by atoms with E-state index in [-0.39, 0.29) is 0 Å². The van der Waals surface area contributed by atoms with Crippen LogP contribution in [0.3, 0.4) is 0 Å². The molecule has 0 N–H and O–H groups in total. The van der Waals surface area contributed by atoms with E-state index >= 15 is 0 Å². The van der Waals surface area contributed by atoms with Crippen molar-refractivity contribution in [3.8, 4) is 0 Å². The Morgan fingerprint density at radius 3 is 0.761 bits per heavy atom. The predicted octanol–water partition coefficient (Wildman–Crippen LogP) is 11.0. The number of rotatable bonds is 6. The molecule has 46 heavy (non-hydrogen) atoms. The van der Waals surface area contributed by atoms with Crippen molar-refractivity contribution in [3.63, 3.8) is 0 Å². The molecular formula is C38H74Si8. The SMILES string of the molecule is Cc1ccccc1[Si]1=[Si](c2ccccc2C)[Si]([Si](C)(C)C(C)(C)C)([Si](C)(C)C(C)(C)C)[Si]1([Si](C)(C)C(C)(C)C)[Si](C)(C)C(C)(C)C. The van der Waals surface area contributed by atoms with Crippen molar-refractivity contribution in [3.05, 3.63) is 59.7 Å². The molecule has 258 valence electrons. The van der Waals surface area contributed by atoms with Crippen LogP contribution in [-0.2, 0) is 0 Å². The summed E-state index contributed by atoms with van der Waals surface area (Å²) >= 11 is 0. The minimum atomic E-state index is -2.02. The molecule has 0 fully saturated rings. The zero-order valence-electron chi connectivity index (χ0n) is 34.6. The number of hydrogen-bond donors (Lipinski definition) is 0. The van der Waals surface area contributed by atoms with Gasteiger partial charge in [-0.1, -0.05) is 184 Å². The Labute approximate surface area is 295 Å². The van der Waals surface area contributed by atoms with Gasteiger partial charge in [0.1, 0.15) is 0 Å². The third kappa shape index (κ3) is 5.09. The average Bonchev–Trinajstić information content (AvgIpc) is 2.82. The van der Waals surface area contributed by atoms with Gasteiger partial charge in [-0.05, 0) is 55.5 Å². The van der Waals surface area contributed by atoms with Gasteiger partial charge in [0.2, 0.25) is 0 Å². The summed E-state index contributed by atoms with van der Waals surface area (Å²) in [5.41, 5.74) is 3.27. The molecule has 1 aliphatic heterocycles. The van der Waals surface area contributed by atoms with Crippen LogP contribution >= 0.6 is 0 Å². The van der Waals surface area contributed by atoms with Gasteiger partial charge in [-0.2, -0.15) is 0 Å². The third-order valence-electron chi connectivity index (χ3n) is 15.6. The summed E-state index contributed by atoms with van der Waals surface area (Å²) in [7, 11) is -9.23. The molecular weight excluding hydrogens is 681 g/mol. The van der Waals surface area contributed by atoms with Crippen LogP contribution in [0.25, 0.3) is 0 Å². The fourth-order valence-electron chi connectivity index (χ4n) is 10.0. The van der Waals surface area contributed by atoms with Crippen molar-refractivity contribution < 1.29 is 0 Å². The van der Waals surface area contributed by atoms with Crippen LogP contribution in [0.5, 0.6) is 0 Å². The van der Waals surface area contributed by atoms with Gasteiger partial charge in [0.15, 0.2) is 0 Å². The maximum absolute atomic E-state index is 3.04. The Hall–Kier alpha value is 0.175. The summed E-state index contributed by atoms with van der Waals surface area (Å²) in [4.78, 5) is 0. The van der Waals surface area contributed by atoms with Gasteiger partial charge in [-0.25, -0.2) is 0 Å². The summed E-state index contributed by atoms with van der Waals surface area (Å²) in [6.45, 7) is 62.3. The molecule has 0 bridgehead atoms. The van der Waals surface area contributed by atoms with Crippen LogP contribution < -0.4 is 10.4 Å². The molecule has 8 heteroatoms. The van der Waals surface area contributed by atoms with Gasteiger partial charge in [0.25, 0.3) is 0 Å². The molecule has 0 spiro atoms. The van der Waals surface area contributed by atoms with E-state index in [1.54, 1.807) is 11.1 Å². The van der Waals surface area contributed by atoms with E-state index in [4.69, 9.17) is 0 Å². The highest BCUT2D eigenvalue weighted by molar-refractivity contribution is 8.35. The number of aryl methyl sites for hydroxylation is 2. The molecule has 0 unspecified atom stereocenters. The fourth-order valence-corrected chi connectivity index (χ4v) is 441. The Kier molecular flexibility index (Phi) is 10.5. The molecule has 0 aliphatic carbocycles. The highest BCUT2D eigenvalue weighted by Crippen LogP contribution is 2.65. The number of benzene rings is 2. The molecule has 0 amide bonds. The normalized spacial score (nSPS) is 18.5. The second-order valence-corrected chi connectivity index (χ2v) is 106. The third-order valence-corrected chi connectivity index (χ3v) is 236. The van der Waals surface area contributed by atoms with Crippen LogP contribution in [0.15, 0.2) is 48.5 Å². The van der Waals surface area contributed by atoms with Crippen LogP contribution in [0, 0.1) is 13.8 Å². The lowest BCUT2D eigenvalue weighted by molar-refractivity contribution is 0.723. The summed E-state index contributed by atoms with van der Waals surface area (Å²) in [6, 6.07) is 20.0. The standard InChI is InChI=1S/C38H74Si8/c1-31-27-23-25-29-33(31)39-40(34-30-26-24-28-32(34)2)46(43(19,20)37(9,10)11,44(21,22)38(12,13)14)45(39,41(15,16)35(3,4)5)42(17,18)36(6,7)8/h23-30H,1-22H3. The average molecular weight is 756 g/mol. The fraction of sp³-hybridized carbons (Fsp3) is 0.684. The highest BCUT2D eigenvalue weighted by Gasteiger charge is 2.89. The molecule has 0 saturated heterocycles. The second kappa shape index (κ2) is 11.9. The lowest BCUT2D eigenvalue weighted by Crippen LogP contribution is -3.14. The molecule has 0 radical (unpaired) electrons. The Bertz CT molecular complexity index is 1330. The van der Waals surface area contributed by atoms with Gasteiger partial charge < -0.3 is 0 Å². The molecule has 0 nitrogen and oxygen atoms in total. The van der Waals surface area contributed by atoms with Crippen LogP contribution in [0.2, 0.25) is 72.5 Å². The van der Waals surface area contributed by atoms with Crippen molar-refractivity contribution in [2.75, 3.05) is 0 Å². The lowest BCUT2D eigenvalue weighted by atomic mass is 10.2. The summed E-state index contributed by atoms with van der Waals surface area (Å²) < 4.78 is 0. The molecule has 1 heterocycles. The van der Waals surface area contributed by atoms with E-state index in [2.05, 4.69) is 198 Å². The maximum Gasteiger partial charge on any atom is 0.0484 e. The summed E-state index contributed by atoms with van der Waals surface area (Å²) in [6.07, 6.45) is -4.04. The van der Waals surface area contributed by atoms with Crippen molar-refractivity contribution in [1.29, 1.82) is 0 Å². The van der Waals surface area contributed by atoms with Crippen molar-refractivity contribution in [2.45, 2.75) is 169 Å². The summed E-state index contributed by atoms with van der Waals surface area (Å²) in [5, 5.41) is 5.36. The minimum Gasteiger partial charge on any atom is -0.0713 e. The van der Waals surface area contributed by atoms with Gasteiger partial charge in [0.05, 0.1) is 0 Å². The topological polar surface area (TPSA) is 0 Å². The Balaban J connectivity index is 3.14. The molecule has 3 rings (SSSR count). The maximum atomic E-state index is 3.04.